The van der Waals surface area contributed by atoms with Crippen molar-refractivity contribution in [2.24, 2.45) is 11.1 Å². The van der Waals surface area contributed by atoms with E-state index in [1.807, 2.05) is 0 Å². The first-order chi connectivity index (χ1) is 9.75. The summed E-state index contributed by atoms with van der Waals surface area (Å²) in [6, 6.07) is 5.04. The van der Waals surface area contributed by atoms with Crippen molar-refractivity contribution in [3.8, 4) is 0 Å². The predicted octanol–water partition coefficient (Wildman–Crippen LogP) is 1.14. The average molecular weight is 332 g/mol. The minimum absolute atomic E-state index is 0.0910. The van der Waals surface area contributed by atoms with Gasteiger partial charge in [-0.1, -0.05) is 13.3 Å². The Morgan fingerprint density at radius 2 is 1.71 bits per heavy atom. The number of benzene rings is 1. The van der Waals surface area contributed by atoms with Gasteiger partial charge < -0.3 is 0 Å². The highest BCUT2D eigenvalue weighted by Crippen LogP contribution is 2.27. The van der Waals surface area contributed by atoms with Crippen LogP contribution in [0.1, 0.15) is 26.2 Å². The van der Waals surface area contributed by atoms with Crippen LogP contribution in [-0.2, 0) is 20.0 Å². The molecule has 2 rings (SSSR count). The molecule has 21 heavy (non-hydrogen) atoms. The van der Waals surface area contributed by atoms with Crippen LogP contribution in [0.2, 0.25) is 0 Å². The van der Waals surface area contributed by atoms with Crippen molar-refractivity contribution in [1.82, 2.24) is 4.31 Å². The number of primary sulfonamides is 1. The van der Waals surface area contributed by atoms with Gasteiger partial charge >= 0.3 is 0 Å². The Bertz CT molecular complexity index is 696. The van der Waals surface area contributed by atoms with Crippen LogP contribution < -0.4 is 5.14 Å². The lowest BCUT2D eigenvalue weighted by molar-refractivity contribution is 0.444. The molecule has 8 heteroatoms. The normalized spacial score (nSPS) is 20.8. The summed E-state index contributed by atoms with van der Waals surface area (Å²) >= 11 is 0. The molecule has 0 aromatic heterocycles. The SMILES string of the molecule is CCCC1CCN(S(=O)(=O)c2ccc(S(N)(=O)=O)cc2)C1. The molecule has 1 aromatic rings. The molecule has 0 spiro atoms. The van der Waals surface area contributed by atoms with Gasteiger partial charge in [0, 0.05) is 13.1 Å². The second kappa shape index (κ2) is 6.04. The zero-order valence-electron chi connectivity index (χ0n) is 11.9. The van der Waals surface area contributed by atoms with Crippen molar-refractivity contribution in [3.05, 3.63) is 24.3 Å². The van der Waals surface area contributed by atoms with Gasteiger partial charge in [-0.3, -0.25) is 0 Å². The fraction of sp³-hybridized carbons (Fsp3) is 0.538. The summed E-state index contributed by atoms with van der Waals surface area (Å²) in [6.07, 6.45) is 2.94. The van der Waals surface area contributed by atoms with E-state index in [1.165, 1.54) is 28.6 Å². The van der Waals surface area contributed by atoms with Crippen LogP contribution in [0.3, 0.4) is 0 Å². The molecule has 1 saturated heterocycles. The van der Waals surface area contributed by atoms with E-state index < -0.39 is 20.0 Å². The Hall–Kier alpha value is -0.960. The second-order valence-corrected chi connectivity index (χ2v) is 8.82. The van der Waals surface area contributed by atoms with E-state index in [1.54, 1.807) is 0 Å². The van der Waals surface area contributed by atoms with Gasteiger partial charge in [0.1, 0.15) is 0 Å². The predicted molar refractivity (Wildman–Crippen MR) is 79.6 cm³/mol. The minimum atomic E-state index is -3.81. The number of nitrogens with zero attached hydrogens (tertiary/aromatic N) is 1. The van der Waals surface area contributed by atoms with Gasteiger partial charge in [-0.15, -0.1) is 0 Å². The molecule has 118 valence electrons. The lowest BCUT2D eigenvalue weighted by Crippen LogP contribution is -2.29. The molecule has 0 amide bonds. The Labute approximate surface area is 126 Å². The number of rotatable bonds is 5. The molecule has 1 aliphatic heterocycles. The lowest BCUT2D eigenvalue weighted by Gasteiger charge is -2.16. The van der Waals surface area contributed by atoms with Gasteiger partial charge in [-0.05, 0) is 43.0 Å². The molecular formula is C13H20N2O4S2. The number of nitrogens with two attached hydrogens (primary N) is 1. The first-order valence-corrected chi connectivity index (χ1v) is 9.87. The number of hydrogen-bond donors (Lipinski definition) is 1. The highest BCUT2D eigenvalue weighted by atomic mass is 32.2. The molecule has 1 aliphatic rings. The maximum Gasteiger partial charge on any atom is 0.243 e. The van der Waals surface area contributed by atoms with Crippen molar-refractivity contribution >= 4 is 20.0 Å². The van der Waals surface area contributed by atoms with Crippen molar-refractivity contribution in [2.45, 2.75) is 36.0 Å². The van der Waals surface area contributed by atoms with Crippen LogP contribution in [0, 0.1) is 5.92 Å². The second-order valence-electron chi connectivity index (χ2n) is 5.32. The first-order valence-electron chi connectivity index (χ1n) is 6.88. The van der Waals surface area contributed by atoms with Gasteiger partial charge in [-0.25, -0.2) is 22.0 Å². The summed E-state index contributed by atoms with van der Waals surface area (Å²) < 4.78 is 48.8. The van der Waals surface area contributed by atoms with E-state index in [4.69, 9.17) is 5.14 Å². The molecule has 1 unspecified atom stereocenters. The van der Waals surface area contributed by atoms with E-state index in [2.05, 4.69) is 6.92 Å². The Kier molecular flexibility index (Phi) is 4.72. The first kappa shape index (κ1) is 16.4. The van der Waals surface area contributed by atoms with Crippen molar-refractivity contribution in [1.29, 1.82) is 0 Å². The Balaban J connectivity index is 2.21. The maximum absolute atomic E-state index is 12.5. The summed E-state index contributed by atoms with van der Waals surface area (Å²) in [5.74, 6) is 0.411. The molecule has 0 radical (unpaired) electrons. The summed E-state index contributed by atoms with van der Waals surface area (Å²) in [6.45, 7) is 3.14. The topological polar surface area (TPSA) is 97.5 Å². The fourth-order valence-corrected chi connectivity index (χ4v) is 4.66. The van der Waals surface area contributed by atoms with Gasteiger partial charge in [0.15, 0.2) is 0 Å². The monoisotopic (exact) mass is 332 g/mol. The third-order valence-electron chi connectivity index (χ3n) is 3.74. The van der Waals surface area contributed by atoms with Crippen LogP contribution in [-0.4, -0.2) is 34.2 Å². The Morgan fingerprint density at radius 1 is 1.14 bits per heavy atom. The molecule has 1 atom stereocenters. The van der Waals surface area contributed by atoms with Crippen LogP contribution in [0.5, 0.6) is 0 Å². The van der Waals surface area contributed by atoms with Crippen LogP contribution in [0.4, 0.5) is 0 Å². The molecule has 1 heterocycles. The highest BCUT2D eigenvalue weighted by Gasteiger charge is 2.32. The zero-order chi connectivity index (χ0) is 15.7. The average Bonchev–Trinajstić information content (AvgIpc) is 2.88. The maximum atomic E-state index is 12.5. The summed E-state index contributed by atoms with van der Waals surface area (Å²) in [5, 5.41) is 5.00. The summed E-state index contributed by atoms with van der Waals surface area (Å²) in [7, 11) is -7.36. The van der Waals surface area contributed by atoms with E-state index in [0.717, 1.165) is 19.3 Å². The largest absolute Gasteiger partial charge is 0.243 e. The molecule has 0 aliphatic carbocycles. The highest BCUT2D eigenvalue weighted by molar-refractivity contribution is 7.89. The van der Waals surface area contributed by atoms with E-state index in [9.17, 15) is 16.8 Å². The third kappa shape index (κ3) is 3.63. The third-order valence-corrected chi connectivity index (χ3v) is 6.54. The number of sulfonamides is 2. The molecule has 1 fully saturated rings. The molecule has 2 N–H and O–H groups in total. The van der Waals surface area contributed by atoms with E-state index in [0.29, 0.717) is 19.0 Å². The van der Waals surface area contributed by atoms with Gasteiger partial charge in [0.25, 0.3) is 0 Å². The molecule has 0 saturated carbocycles. The molecule has 1 aromatic carbocycles. The molecule has 0 bridgehead atoms. The van der Waals surface area contributed by atoms with E-state index >= 15 is 0 Å². The van der Waals surface area contributed by atoms with Crippen molar-refractivity contribution in [3.63, 3.8) is 0 Å². The van der Waals surface area contributed by atoms with Gasteiger partial charge in [-0.2, -0.15) is 4.31 Å². The summed E-state index contributed by atoms with van der Waals surface area (Å²) in [5.41, 5.74) is 0. The van der Waals surface area contributed by atoms with Gasteiger partial charge in [0.2, 0.25) is 20.0 Å². The van der Waals surface area contributed by atoms with Gasteiger partial charge in [0.05, 0.1) is 9.79 Å². The quantitative estimate of drug-likeness (QED) is 0.874. The van der Waals surface area contributed by atoms with Crippen LogP contribution in [0.15, 0.2) is 34.1 Å². The smallest absolute Gasteiger partial charge is 0.225 e. The van der Waals surface area contributed by atoms with Crippen LogP contribution in [0.25, 0.3) is 0 Å². The van der Waals surface area contributed by atoms with Crippen molar-refractivity contribution in [2.75, 3.05) is 13.1 Å². The molecular weight excluding hydrogens is 312 g/mol. The number of hydrogen-bond acceptors (Lipinski definition) is 4. The standard InChI is InChI=1S/C13H20N2O4S2/c1-2-3-11-8-9-15(10-11)21(18,19)13-6-4-12(5-7-13)20(14,16)17/h4-7,11H,2-3,8-10H2,1H3,(H2,14,16,17). The van der Waals surface area contributed by atoms with Crippen molar-refractivity contribution < 1.29 is 16.8 Å². The lowest BCUT2D eigenvalue weighted by atomic mass is 10.0. The summed E-state index contributed by atoms with van der Waals surface area (Å²) in [4.78, 5) is 0.0128. The van der Waals surface area contributed by atoms with E-state index in [-0.39, 0.29) is 9.79 Å². The zero-order valence-corrected chi connectivity index (χ0v) is 13.5. The molecule has 6 nitrogen and oxygen atoms in total. The minimum Gasteiger partial charge on any atom is -0.225 e. The Morgan fingerprint density at radius 3 is 2.24 bits per heavy atom. The van der Waals surface area contributed by atoms with Crippen LogP contribution >= 0.6 is 0 Å². The fourth-order valence-electron chi connectivity index (χ4n) is 2.61.